The number of hydrogen-bond acceptors (Lipinski definition) is 6. The Hall–Kier alpha value is -12.4. The summed E-state index contributed by atoms with van der Waals surface area (Å²) in [5.41, 5.74) is 31.0. The summed E-state index contributed by atoms with van der Waals surface area (Å²) in [6, 6.07) is 133. The third-order valence-electron chi connectivity index (χ3n) is 18.1. The molecule has 0 N–H and O–H groups in total. The predicted octanol–water partition coefficient (Wildman–Crippen LogP) is 23.5. The molecule has 0 fully saturated rings. The number of benzene rings is 11. The van der Waals surface area contributed by atoms with Crippen molar-refractivity contribution in [2.24, 2.45) is 0 Å². The zero-order valence-electron chi connectivity index (χ0n) is 56.0. The standard InChI is InChI=1S/C56H34N4.C40H26N2.2Ir/c1-3-15-39(16-4-1)53-29-26-41(36-58-53)47-19-7-10-22-50(47)44-33-45(51-23-11-8-20-48(51)42-27-30-54(59-37-42)40-17-5-2-6-18-40)35-46(34-44)52-24-12-9-21-49(52)43-28-31-56(60-38-43)55-25-13-14-32-57-55;1-3-14-37(35(12-1)29-18-22-31(23-19-29)39-16-5-7-26-41-39)33-10-9-11-34(28-33)38-15-4-2-13-36(38)30-20-24-32(25-21-30)40-17-6-8-27-42-40;;/h1-15,17,19-24,26-30,32-38H;1-22,24,26-28H;;/q-4;-2;2*+3. The number of hydrogen-bond donors (Lipinski definition) is 0. The van der Waals surface area contributed by atoms with Gasteiger partial charge < -0.3 is 29.9 Å². The van der Waals surface area contributed by atoms with Crippen LogP contribution in [0.5, 0.6) is 0 Å². The summed E-state index contributed by atoms with van der Waals surface area (Å²) >= 11 is 0. The molecule has 6 heterocycles. The number of nitrogens with zero attached hydrogens (tertiary/aromatic N) is 6. The second-order valence-electron chi connectivity index (χ2n) is 24.4. The van der Waals surface area contributed by atoms with Gasteiger partial charge in [-0.15, -0.1) is 149 Å². The van der Waals surface area contributed by atoms with Crippen molar-refractivity contribution in [3.8, 4) is 168 Å². The minimum Gasteiger partial charge on any atom is -0.357 e. The van der Waals surface area contributed by atoms with Gasteiger partial charge in [0.2, 0.25) is 0 Å². The Balaban J connectivity index is 0.000000183. The van der Waals surface area contributed by atoms with Gasteiger partial charge >= 0.3 is 40.2 Å². The molecule has 104 heavy (non-hydrogen) atoms. The van der Waals surface area contributed by atoms with E-state index in [0.717, 1.165) is 123 Å². The third kappa shape index (κ3) is 15.3. The van der Waals surface area contributed by atoms with E-state index in [4.69, 9.17) is 15.0 Å². The van der Waals surface area contributed by atoms with Crippen molar-refractivity contribution in [1.82, 2.24) is 29.9 Å². The SMILES string of the molecule is [Ir+3].[Ir+3].[c-]1cc(-c2ccccc2-c2cccc(-c3ccccc3-c3c[c-]c(-c4ccccn4)cc3)c2)ccc1-c1ccccn1.[c-]1ccccc1-c1ccc(-c2ccccc2-c2cc(-c3ccccc3-c3c[c-]c(-c4[c-]cccn4)nc3)cc(-c3ccccc3-c3ccc(-c4[c-]cccc4)nc3)c2)cn1. The maximum Gasteiger partial charge on any atom is 3.00 e. The molecular formula is C96H60Ir2N6. The molecule has 0 spiro atoms. The molecule has 0 radical (unpaired) electrons. The first kappa shape index (κ1) is 68.7. The summed E-state index contributed by atoms with van der Waals surface area (Å²) in [5, 5.41) is 0. The fraction of sp³-hybridized carbons (Fsp3) is 0. The average molecular weight is 1680 g/mol. The van der Waals surface area contributed by atoms with Gasteiger partial charge in [-0.3, -0.25) is 0 Å². The van der Waals surface area contributed by atoms with E-state index >= 15 is 0 Å². The summed E-state index contributed by atoms with van der Waals surface area (Å²) in [4.78, 5) is 27.9. The van der Waals surface area contributed by atoms with Gasteiger partial charge in [0.15, 0.2) is 0 Å². The Morgan fingerprint density at radius 2 is 0.510 bits per heavy atom. The molecule has 6 aromatic heterocycles. The fourth-order valence-electron chi connectivity index (χ4n) is 13.0. The van der Waals surface area contributed by atoms with Crippen LogP contribution in [0.2, 0.25) is 0 Å². The molecule has 0 aliphatic heterocycles. The van der Waals surface area contributed by atoms with E-state index in [1.807, 2.05) is 134 Å². The van der Waals surface area contributed by atoms with Crippen molar-refractivity contribution >= 4 is 0 Å². The summed E-state index contributed by atoms with van der Waals surface area (Å²) in [7, 11) is 0. The molecule has 8 heteroatoms. The maximum atomic E-state index is 4.88. The molecule has 0 unspecified atom stereocenters. The van der Waals surface area contributed by atoms with Crippen LogP contribution in [0.15, 0.2) is 365 Å². The smallest absolute Gasteiger partial charge is 0.357 e. The average Bonchev–Trinajstić information content (AvgIpc) is 0.782. The van der Waals surface area contributed by atoms with Gasteiger partial charge in [0.05, 0.1) is 0 Å². The Morgan fingerprint density at radius 1 is 0.183 bits per heavy atom. The zero-order valence-corrected chi connectivity index (χ0v) is 60.8. The van der Waals surface area contributed by atoms with E-state index < -0.39 is 0 Å². The van der Waals surface area contributed by atoms with Crippen molar-refractivity contribution in [3.63, 3.8) is 0 Å². The molecule has 17 rings (SSSR count). The van der Waals surface area contributed by atoms with Crippen molar-refractivity contribution in [2.75, 3.05) is 0 Å². The second-order valence-corrected chi connectivity index (χ2v) is 24.4. The van der Waals surface area contributed by atoms with Gasteiger partial charge in [-0.2, -0.15) is 12.1 Å². The van der Waals surface area contributed by atoms with E-state index in [1.54, 1.807) is 6.20 Å². The van der Waals surface area contributed by atoms with Crippen LogP contribution in [-0.4, -0.2) is 29.9 Å². The van der Waals surface area contributed by atoms with E-state index in [0.29, 0.717) is 11.4 Å². The molecule has 0 aliphatic carbocycles. The quantitative estimate of drug-likeness (QED) is 0.0952. The van der Waals surface area contributed by atoms with Gasteiger partial charge in [0, 0.05) is 24.8 Å². The molecule has 0 atom stereocenters. The fourth-order valence-corrected chi connectivity index (χ4v) is 13.0. The predicted molar refractivity (Wildman–Crippen MR) is 414 cm³/mol. The molecular weight excluding hydrogens is 1620 g/mol. The summed E-state index contributed by atoms with van der Waals surface area (Å²) in [6.07, 6.45) is 11.2. The van der Waals surface area contributed by atoms with Gasteiger partial charge in [-0.25, -0.2) is 12.1 Å². The van der Waals surface area contributed by atoms with Gasteiger partial charge in [-0.1, -0.05) is 221 Å². The monoisotopic (exact) mass is 1680 g/mol. The topological polar surface area (TPSA) is 77.3 Å². The summed E-state index contributed by atoms with van der Waals surface area (Å²) in [6.45, 7) is 0. The van der Waals surface area contributed by atoms with Crippen LogP contribution < -0.4 is 0 Å². The largest absolute Gasteiger partial charge is 3.00 e. The Bertz CT molecular complexity index is 5200. The van der Waals surface area contributed by atoms with E-state index in [2.05, 4.69) is 276 Å². The zero-order chi connectivity index (χ0) is 68.2. The minimum absolute atomic E-state index is 0. The minimum atomic E-state index is 0. The Kier molecular flexibility index (Phi) is 21.5. The molecule has 11 aromatic carbocycles. The number of pyridine rings is 6. The van der Waals surface area contributed by atoms with Crippen LogP contribution in [0.25, 0.3) is 168 Å². The van der Waals surface area contributed by atoms with Crippen molar-refractivity contribution in [3.05, 3.63) is 401 Å². The van der Waals surface area contributed by atoms with Crippen LogP contribution in [0.1, 0.15) is 0 Å². The van der Waals surface area contributed by atoms with Crippen LogP contribution in [0, 0.1) is 36.4 Å². The van der Waals surface area contributed by atoms with Gasteiger partial charge in [-0.05, 0) is 149 Å². The molecule has 0 amide bonds. The van der Waals surface area contributed by atoms with Gasteiger partial charge in [0.25, 0.3) is 0 Å². The number of rotatable bonds is 15. The molecule has 0 saturated carbocycles. The van der Waals surface area contributed by atoms with Crippen LogP contribution >= 0.6 is 0 Å². The molecule has 0 bridgehead atoms. The van der Waals surface area contributed by atoms with Crippen molar-refractivity contribution in [1.29, 1.82) is 0 Å². The molecule has 0 saturated heterocycles. The Labute approximate surface area is 634 Å². The molecule has 6 nitrogen and oxygen atoms in total. The molecule has 17 aromatic rings. The van der Waals surface area contributed by atoms with E-state index in [-0.39, 0.29) is 40.2 Å². The van der Waals surface area contributed by atoms with Crippen LogP contribution in [-0.2, 0) is 40.2 Å². The molecule has 0 aliphatic rings. The summed E-state index contributed by atoms with van der Waals surface area (Å²) < 4.78 is 0. The second kappa shape index (κ2) is 32.5. The van der Waals surface area contributed by atoms with Crippen LogP contribution in [0.3, 0.4) is 0 Å². The van der Waals surface area contributed by atoms with Crippen LogP contribution in [0.4, 0.5) is 0 Å². The maximum absolute atomic E-state index is 4.88. The summed E-state index contributed by atoms with van der Waals surface area (Å²) in [5.74, 6) is 0. The first-order valence-electron chi connectivity index (χ1n) is 33.8. The van der Waals surface area contributed by atoms with E-state index in [1.165, 1.54) is 33.4 Å². The normalized spacial score (nSPS) is 10.7. The van der Waals surface area contributed by atoms with E-state index in [9.17, 15) is 0 Å². The van der Waals surface area contributed by atoms with Gasteiger partial charge in [0.1, 0.15) is 0 Å². The Morgan fingerprint density at radius 3 is 0.865 bits per heavy atom. The van der Waals surface area contributed by atoms with Crippen molar-refractivity contribution in [2.45, 2.75) is 0 Å². The first-order valence-corrected chi connectivity index (χ1v) is 33.8. The van der Waals surface area contributed by atoms with Crippen molar-refractivity contribution < 1.29 is 40.2 Å². The number of aromatic nitrogens is 6. The first-order chi connectivity index (χ1) is 50.6. The molecule has 492 valence electrons. The third-order valence-corrected chi connectivity index (χ3v) is 18.1.